The van der Waals surface area contributed by atoms with Gasteiger partial charge in [0.1, 0.15) is 17.2 Å². The van der Waals surface area contributed by atoms with E-state index in [1.807, 2.05) is 47.4 Å². The van der Waals surface area contributed by atoms with Gasteiger partial charge < -0.3 is 19.1 Å². The quantitative estimate of drug-likeness (QED) is 0.207. The third-order valence-corrected chi connectivity index (χ3v) is 9.10. The first-order chi connectivity index (χ1) is 21.0. The van der Waals surface area contributed by atoms with Gasteiger partial charge in [-0.25, -0.2) is 0 Å². The van der Waals surface area contributed by atoms with Crippen LogP contribution in [0.2, 0.25) is 0 Å². The fourth-order valence-corrected chi connectivity index (χ4v) is 7.36. The van der Waals surface area contributed by atoms with Crippen molar-refractivity contribution in [3.05, 3.63) is 125 Å². The highest BCUT2D eigenvalue weighted by molar-refractivity contribution is 6.32. The second kappa shape index (κ2) is 9.98. The van der Waals surface area contributed by atoms with Gasteiger partial charge in [0.05, 0.1) is 27.4 Å². The highest BCUT2D eigenvalue weighted by atomic mass is 16.5. The van der Waals surface area contributed by atoms with Gasteiger partial charge in [-0.3, -0.25) is 14.4 Å². The number of fused-ring (bicyclic) bond motifs is 5. The first kappa shape index (κ1) is 26.7. The number of rotatable bonds is 6. The number of benzene rings is 4. The lowest BCUT2D eigenvalue weighted by Crippen LogP contribution is -2.48. The average Bonchev–Trinajstić information content (AvgIpc) is 3.49. The van der Waals surface area contributed by atoms with E-state index in [1.165, 1.54) is 14.2 Å². The Kier molecular flexibility index (Phi) is 6.20. The van der Waals surface area contributed by atoms with Crippen molar-refractivity contribution in [1.82, 2.24) is 0 Å². The summed E-state index contributed by atoms with van der Waals surface area (Å²) in [6, 6.07) is 25.3. The van der Waals surface area contributed by atoms with E-state index in [1.54, 1.807) is 67.8 Å². The molecule has 1 spiro atoms. The molecular formula is C36H29NO6. The Balaban J connectivity index is 1.58. The van der Waals surface area contributed by atoms with Crippen LogP contribution >= 0.6 is 0 Å². The molecule has 4 aromatic rings. The van der Waals surface area contributed by atoms with Crippen LogP contribution in [0.5, 0.6) is 17.2 Å². The number of carbonyl (C=O) groups excluding carboxylic acids is 3. The Hall–Kier alpha value is -5.17. The lowest BCUT2D eigenvalue weighted by atomic mass is 9.64. The van der Waals surface area contributed by atoms with E-state index < -0.39 is 23.4 Å². The molecule has 2 aliphatic heterocycles. The number of hydrogen-bond donors (Lipinski definition) is 0. The molecule has 3 atom stereocenters. The van der Waals surface area contributed by atoms with Gasteiger partial charge in [-0.2, -0.15) is 0 Å². The molecule has 0 amide bonds. The summed E-state index contributed by atoms with van der Waals surface area (Å²) in [5, 5.41) is 0. The molecule has 1 aliphatic carbocycles. The van der Waals surface area contributed by atoms with Crippen LogP contribution in [0.1, 0.15) is 48.1 Å². The standard InChI is InChI=1S/C36H29NO6/c1-41-23-12-8-11-22(20-23)32(38)31-30(26-15-9-17-28(42-2)33(26)43-3)36(34(39)24-13-5-6-14-25(24)35(36)40)29-19-18-21-10-4-7-16-27(21)37(29)31/h4-20,29-31H,1-3H3/t29-,30-,31-/m1/s1. The highest BCUT2D eigenvalue weighted by Crippen LogP contribution is 2.62. The number of Topliss-reactive ketones (excluding diaryl/α,β-unsaturated/α-hetero) is 3. The molecule has 0 radical (unpaired) electrons. The van der Waals surface area contributed by atoms with E-state index in [-0.39, 0.29) is 17.3 Å². The minimum absolute atomic E-state index is 0.239. The molecule has 7 rings (SSSR count). The summed E-state index contributed by atoms with van der Waals surface area (Å²) < 4.78 is 17.0. The second-order valence-corrected chi connectivity index (χ2v) is 10.9. The molecule has 3 aliphatic rings. The molecule has 7 heteroatoms. The normalized spacial score (nSPS) is 20.9. The van der Waals surface area contributed by atoms with Gasteiger partial charge in [-0.15, -0.1) is 0 Å². The smallest absolute Gasteiger partial charge is 0.186 e. The number of anilines is 1. The Labute approximate surface area is 249 Å². The van der Waals surface area contributed by atoms with Crippen LogP contribution in [0.15, 0.2) is 97.1 Å². The Morgan fingerprint density at radius 1 is 0.767 bits per heavy atom. The van der Waals surface area contributed by atoms with Crippen molar-refractivity contribution >= 4 is 29.1 Å². The van der Waals surface area contributed by atoms with Crippen LogP contribution in [0, 0.1) is 5.41 Å². The molecule has 1 fully saturated rings. The van der Waals surface area contributed by atoms with Crippen LogP contribution in [-0.4, -0.2) is 50.8 Å². The predicted molar refractivity (Wildman–Crippen MR) is 163 cm³/mol. The molecule has 0 unspecified atom stereocenters. The molecule has 1 saturated heterocycles. The number of carbonyl (C=O) groups is 3. The summed E-state index contributed by atoms with van der Waals surface area (Å²) >= 11 is 0. The van der Waals surface area contributed by atoms with Gasteiger partial charge >= 0.3 is 0 Å². The van der Waals surface area contributed by atoms with Crippen molar-refractivity contribution in [3.8, 4) is 17.2 Å². The molecule has 0 bridgehead atoms. The minimum atomic E-state index is -1.65. The zero-order valence-electron chi connectivity index (χ0n) is 23.9. The maximum atomic E-state index is 14.9. The van der Waals surface area contributed by atoms with Gasteiger partial charge in [0, 0.05) is 33.9 Å². The van der Waals surface area contributed by atoms with Crippen molar-refractivity contribution in [2.24, 2.45) is 5.41 Å². The number of methoxy groups -OCH3 is 3. The molecule has 0 saturated carbocycles. The fourth-order valence-electron chi connectivity index (χ4n) is 7.36. The fraction of sp³-hybridized carbons (Fsp3) is 0.194. The summed E-state index contributed by atoms with van der Waals surface area (Å²) in [6.07, 6.45) is 3.85. The third kappa shape index (κ3) is 3.57. The largest absolute Gasteiger partial charge is 0.497 e. The summed E-state index contributed by atoms with van der Waals surface area (Å²) in [5.41, 5.74) is 1.71. The van der Waals surface area contributed by atoms with Gasteiger partial charge in [0.25, 0.3) is 0 Å². The number of ether oxygens (including phenoxy) is 3. The van der Waals surface area contributed by atoms with Gasteiger partial charge in [0.15, 0.2) is 28.8 Å². The Bertz CT molecular complexity index is 1810. The van der Waals surface area contributed by atoms with Crippen LogP contribution < -0.4 is 19.1 Å². The van der Waals surface area contributed by atoms with E-state index >= 15 is 0 Å². The monoisotopic (exact) mass is 571 g/mol. The number of hydrogen-bond acceptors (Lipinski definition) is 7. The molecule has 7 nitrogen and oxygen atoms in total. The summed E-state index contributed by atoms with van der Waals surface area (Å²) in [6.45, 7) is 0. The van der Waals surface area contributed by atoms with Crippen molar-refractivity contribution in [2.75, 3.05) is 26.2 Å². The number of para-hydroxylation sites is 2. The van der Waals surface area contributed by atoms with Crippen LogP contribution in [0.25, 0.3) is 6.08 Å². The molecular weight excluding hydrogens is 542 g/mol. The molecule has 43 heavy (non-hydrogen) atoms. The van der Waals surface area contributed by atoms with Crippen molar-refractivity contribution in [1.29, 1.82) is 0 Å². The molecule has 4 aromatic carbocycles. The Morgan fingerprint density at radius 3 is 2.16 bits per heavy atom. The van der Waals surface area contributed by atoms with Crippen LogP contribution in [0.4, 0.5) is 5.69 Å². The third-order valence-electron chi connectivity index (χ3n) is 9.10. The first-order valence-corrected chi connectivity index (χ1v) is 14.1. The summed E-state index contributed by atoms with van der Waals surface area (Å²) in [7, 11) is 4.61. The predicted octanol–water partition coefficient (Wildman–Crippen LogP) is 6.03. The SMILES string of the molecule is COc1cccc(C(=O)[C@H]2[C@@H](c3cccc(OC)c3OC)C3(C(=O)c4ccccc4C3=O)[C@H]3C=Cc4ccccc4N23)c1. The average molecular weight is 572 g/mol. The van der Waals surface area contributed by atoms with Crippen LogP contribution in [0.3, 0.4) is 0 Å². The molecule has 2 heterocycles. The van der Waals surface area contributed by atoms with E-state index in [4.69, 9.17) is 14.2 Å². The molecule has 0 N–H and O–H groups in total. The van der Waals surface area contributed by atoms with E-state index in [0.29, 0.717) is 39.5 Å². The van der Waals surface area contributed by atoms with Gasteiger partial charge in [0.2, 0.25) is 0 Å². The maximum Gasteiger partial charge on any atom is 0.186 e. The number of ketones is 3. The van der Waals surface area contributed by atoms with Crippen molar-refractivity contribution in [2.45, 2.75) is 18.0 Å². The summed E-state index contributed by atoms with van der Waals surface area (Å²) in [5.74, 6) is -0.414. The van der Waals surface area contributed by atoms with E-state index in [0.717, 1.165) is 11.3 Å². The molecule has 0 aromatic heterocycles. The van der Waals surface area contributed by atoms with Gasteiger partial charge in [-0.05, 0) is 29.8 Å². The lowest BCUT2D eigenvalue weighted by Gasteiger charge is -2.37. The summed E-state index contributed by atoms with van der Waals surface area (Å²) in [4.78, 5) is 46.6. The second-order valence-electron chi connectivity index (χ2n) is 10.9. The lowest BCUT2D eigenvalue weighted by molar-refractivity contribution is 0.0664. The van der Waals surface area contributed by atoms with Crippen molar-refractivity contribution in [3.63, 3.8) is 0 Å². The van der Waals surface area contributed by atoms with E-state index in [9.17, 15) is 14.4 Å². The minimum Gasteiger partial charge on any atom is -0.497 e. The first-order valence-electron chi connectivity index (χ1n) is 14.1. The number of nitrogens with zero attached hydrogens (tertiary/aromatic N) is 1. The topological polar surface area (TPSA) is 82.1 Å². The van der Waals surface area contributed by atoms with E-state index in [2.05, 4.69) is 0 Å². The zero-order chi connectivity index (χ0) is 29.9. The Morgan fingerprint density at radius 2 is 1.47 bits per heavy atom. The van der Waals surface area contributed by atoms with Crippen molar-refractivity contribution < 1.29 is 28.6 Å². The van der Waals surface area contributed by atoms with Gasteiger partial charge in [-0.1, -0.05) is 78.9 Å². The van der Waals surface area contributed by atoms with Crippen LogP contribution in [-0.2, 0) is 0 Å². The molecule has 214 valence electrons. The zero-order valence-corrected chi connectivity index (χ0v) is 23.9. The maximum absolute atomic E-state index is 14.9. The highest BCUT2D eigenvalue weighted by Gasteiger charge is 2.72.